The summed E-state index contributed by atoms with van der Waals surface area (Å²) >= 11 is 2.99. The van der Waals surface area contributed by atoms with Gasteiger partial charge in [-0.1, -0.05) is 47.4 Å². The fraction of sp³-hybridized carbons (Fsp3) is 0.278. The standard InChI is InChI=1S/C18H18N6OS2/c1-4-23-16(13-8-6-5-7-11(13)2)20-21-18(23)26-10-14-22-24-15(25)9-12(3)19-17(24)27-14/h5-9H,4,10H2,1-3H3. The third kappa shape index (κ3) is 3.40. The normalized spacial score (nSPS) is 11.4. The van der Waals surface area contributed by atoms with Gasteiger partial charge < -0.3 is 4.57 Å². The van der Waals surface area contributed by atoms with E-state index in [4.69, 9.17) is 0 Å². The average molecular weight is 399 g/mol. The molecule has 138 valence electrons. The van der Waals surface area contributed by atoms with Crippen molar-refractivity contribution in [2.45, 2.75) is 38.2 Å². The molecule has 0 fully saturated rings. The first-order valence-electron chi connectivity index (χ1n) is 8.55. The lowest BCUT2D eigenvalue weighted by Gasteiger charge is -2.08. The summed E-state index contributed by atoms with van der Waals surface area (Å²) in [7, 11) is 0. The third-order valence-corrected chi connectivity index (χ3v) is 6.23. The molecular weight excluding hydrogens is 380 g/mol. The minimum absolute atomic E-state index is 0.149. The first-order valence-corrected chi connectivity index (χ1v) is 10.4. The molecule has 9 heteroatoms. The van der Waals surface area contributed by atoms with Crippen LogP contribution in [0.2, 0.25) is 0 Å². The predicted octanol–water partition coefficient (Wildman–Crippen LogP) is 3.34. The molecule has 0 atom stereocenters. The topological polar surface area (TPSA) is 78.0 Å². The third-order valence-electron chi connectivity index (χ3n) is 4.16. The maximum Gasteiger partial charge on any atom is 0.275 e. The molecule has 4 aromatic rings. The molecule has 0 aliphatic carbocycles. The van der Waals surface area contributed by atoms with E-state index in [-0.39, 0.29) is 5.56 Å². The Kier molecular flexibility index (Phi) is 4.79. The van der Waals surface area contributed by atoms with Gasteiger partial charge in [0.25, 0.3) is 5.56 Å². The van der Waals surface area contributed by atoms with Crippen molar-refractivity contribution in [1.29, 1.82) is 0 Å². The second-order valence-corrected chi connectivity index (χ2v) is 8.06. The van der Waals surface area contributed by atoms with Gasteiger partial charge in [0.05, 0.1) is 5.75 Å². The number of benzene rings is 1. The van der Waals surface area contributed by atoms with Gasteiger partial charge in [-0.25, -0.2) is 4.98 Å². The lowest BCUT2D eigenvalue weighted by Crippen LogP contribution is -2.14. The van der Waals surface area contributed by atoms with Gasteiger partial charge in [-0.2, -0.15) is 9.61 Å². The molecule has 0 saturated heterocycles. The van der Waals surface area contributed by atoms with Crippen molar-refractivity contribution < 1.29 is 0 Å². The molecule has 0 saturated carbocycles. The predicted molar refractivity (Wildman–Crippen MR) is 107 cm³/mol. The van der Waals surface area contributed by atoms with Crippen molar-refractivity contribution in [1.82, 2.24) is 29.4 Å². The van der Waals surface area contributed by atoms with Gasteiger partial charge in [0.2, 0.25) is 4.96 Å². The van der Waals surface area contributed by atoms with E-state index in [0.717, 1.165) is 28.1 Å². The summed E-state index contributed by atoms with van der Waals surface area (Å²) in [5.41, 5.74) is 2.81. The van der Waals surface area contributed by atoms with Crippen molar-refractivity contribution >= 4 is 28.1 Å². The molecule has 4 rings (SSSR count). The van der Waals surface area contributed by atoms with Gasteiger partial charge in [-0.05, 0) is 26.3 Å². The Morgan fingerprint density at radius 3 is 2.78 bits per heavy atom. The van der Waals surface area contributed by atoms with E-state index in [2.05, 4.69) is 50.8 Å². The van der Waals surface area contributed by atoms with Crippen LogP contribution in [0.25, 0.3) is 16.3 Å². The second kappa shape index (κ2) is 7.24. The van der Waals surface area contributed by atoms with Crippen LogP contribution in [0.3, 0.4) is 0 Å². The van der Waals surface area contributed by atoms with E-state index in [1.54, 1.807) is 11.8 Å². The Hall–Kier alpha value is -2.52. The number of aryl methyl sites for hydroxylation is 2. The zero-order chi connectivity index (χ0) is 19.0. The molecule has 0 amide bonds. The zero-order valence-corrected chi connectivity index (χ0v) is 16.8. The minimum Gasteiger partial charge on any atom is -0.302 e. The molecule has 0 aliphatic rings. The smallest absolute Gasteiger partial charge is 0.275 e. The number of thioether (sulfide) groups is 1. The Morgan fingerprint density at radius 2 is 2.00 bits per heavy atom. The molecular formula is C18H18N6OS2. The SMILES string of the molecule is CCn1c(SCc2nn3c(=O)cc(C)nc3s2)nnc1-c1ccccc1C. The largest absolute Gasteiger partial charge is 0.302 e. The van der Waals surface area contributed by atoms with E-state index in [1.807, 2.05) is 19.1 Å². The molecule has 7 nitrogen and oxygen atoms in total. The van der Waals surface area contributed by atoms with Crippen molar-refractivity contribution in [3.8, 4) is 11.4 Å². The first kappa shape index (κ1) is 17.9. The molecule has 0 spiro atoms. The molecule has 1 aromatic carbocycles. The highest BCUT2D eigenvalue weighted by Gasteiger charge is 2.16. The zero-order valence-electron chi connectivity index (χ0n) is 15.2. The first-order chi connectivity index (χ1) is 13.1. The van der Waals surface area contributed by atoms with Crippen LogP contribution in [0.5, 0.6) is 0 Å². The summed E-state index contributed by atoms with van der Waals surface area (Å²) < 4.78 is 3.46. The van der Waals surface area contributed by atoms with Crippen LogP contribution in [-0.4, -0.2) is 29.4 Å². The summed E-state index contributed by atoms with van der Waals surface area (Å²) in [6.45, 7) is 6.75. The summed E-state index contributed by atoms with van der Waals surface area (Å²) in [6.07, 6.45) is 0. The highest BCUT2D eigenvalue weighted by atomic mass is 32.2. The average Bonchev–Trinajstić information content (AvgIpc) is 3.23. The van der Waals surface area contributed by atoms with E-state index in [0.29, 0.717) is 16.4 Å². The minimum atomic E-state index is -0.149. The number of rotatable bonds is 5. The van der Waals surface area contributed by atoms with Crippen molar-refractivity contribution in [2.24, 2.45) is 0 Å². The number of hydrogen-bond donors (Lipinski definition) is 0. The van der Waals surface area contributed by atoms with E-state index in [1.165, 1.54) is 27.5 Å². The molecule has 0 radical (unpaired) electrons. The van der Waals surface area contributed by atoms with Crippen LogP contribution >= 0.6 is 23.1 Å². The molecule has 0 N–H and O–H groups in total. The van der Waals surface area contributed by atoms with Gasteiger partial charge in [0.1, 0.15) is 5.01 Å². The fourth-order valence-corrected chi connectivity index (χ4v) is 4.78. The number of hydrogen-bond acceptors (Lipinski definition) is 7. The highest BCUT2D eigenvalue weighted by molar-refractivity contribution is 7.98. The Balaban J connectivity index is 1.61. The van der Waals surface area contributed by atoms with Crippen LogP contribution in [0.15, 0.2) is 40.3 Å². The summed E-state index contributed by atoms with van der Waals surface area (Å²) in [5.74, 6) is 1.48. The molecule has 0 unspecified atom stereocenters. The Morgan fingerprint density at radius 1 is 1.19 bits per heavy atom. The summed E-state index contributed by atoms with van der Waals surface area (Å²) in [5, 5.41) is 14.8. The van der Waals surface area contributed by atoms with Crippen molar-refractivity contribution in [3.05, 3.63) is 57.0 Å². The Bertz CT molecular complexity index is 1180. The van der Waals surface area contributed by atoms with Crippen molar-refractivity contribution in [2.75, 3.05) is 0 Å². The lowest BCUT2D eigenvalue weighted by molar-refractivity contribution is 0.687. The van der Waals surface area contributed by atoms with Crippen LogP contribution in [0, 0.1) is 13.8 Å². The van der Waals surface area contributed by atoms with Crippen molar-refractivity contribution in [3.63, 3.8) is 0 Å². The number of fused-ring (bicyclic) bond motifs is 1. The second-order valence-electron chi connectivity index (χ2n) is 6.08. The molecule has 0 bridgehead atoms. The molecule has 27 heavy (non-hydrogen) atoms. The van der Waals surface area contributed by atoms with E-state index in [9.17, 15) is 4.79 Å². The van der Waals surface area contributed by atoms with Crippen LogP contribution < -0.4 is 5.56 Å². The maximum atomic E-state index is 12.0. The summed E-state index contributed by atoms with van der Waals surface area (Å²) in [6, 6.07) is 9.66. The van der Waals surface area contributed by atoms with Crippen LogP contribution in [0.4, 0.5) is 0 Å². The quantitative estimate of drug-likeness (QED) is 0.480. The Labute approximate surface area is 164 Å². The monoisotopic (exact) mass is 398 g/mol. The summed E-state index contributed by atoms with van der Waals surface area (Å²) in [4.78, 5) is 17.0. The van der Waals surface area contributed by atoms with Crippen LogP contribution in [-0.2, 0) is 12.3 Å². The van der Waals surface area contributed by atoms with Gasteiger partial charge in [0, 0.05) is 23.9 Å². The lowest BCUT2D eigenvalue weighted by atomic mass is 10.1. The van der Waals surface area contributed by atoms with E-state index >= 15 is 0 Å². The van der Waals surface area contributed by atoms with Gasteiger partial charge in [-0.15, -0.1) is 10.2 Å². The molecule has 3 heterocycles. The molecule has 0 aliphatic heterocycles. The van der Waals surface area contributed by atoms with Gasteiger partial charge in [-0.3, -0.25) is 4.79 Å². The maximum absolute atomic E-state index is 12.0. The van der Waals surface area contributed by atoms with Gasteiger partial charge >= 0.3 is 0 Å². The number of aromatic nitrogens is 6. The van der Waals surface area contributed by atoms with E-state index < -0.39 is 0 Å². The highest BCUT2D eigenvalue weighted by Crippen LogP contribution is 2.28. The fourth-order valence-electron chi connectivity index (χ4n) is 2.85. The van der Waals surface area contributed by atoms with Crippen LogP contribution in [0.1, 0.15) is 23.2 Å². The van der Waals surface area contributed by atoms with Gasteiger partial charge in [0.15, 0.2) is 11.0 Å². The molecule has 3 aromatic heterocycles. The number of nitrogens with zero attached hydrogens (tertiary/aromatic N) is 6.